The molecule has 94 valence electrons. The molecule has 0 radical (unpaired) electrons. The lowest BCUT2D eigenvalue weighted by Gasteiger charge is -2.20. The van der Waals surface area contributed by atoms with E-state index in [9.17, 15) is 8.42 Å². The van der Waals surface area contributed by atoms with E-state index in [1.807, 2.05) is 12.1 Å². The number of alkyl halides is 1. The molecule has 0 saturated carbocycles. The highest BCUT2D eigenvalue weighted by atomic mass is 35.5. The highest BCUT2D eigenvalue weighted by Gasteiger charge is 2.37. The Kier molecular flexibility index (Phi) is 3.79. The van der Waals surface area contributed by atoms with Crippen LogP contribution in [0.5, 0.6) is 0 Å². The van der Waals surface area contributed by atoms with Crippen molar-refractivity contribution in [3.63, 3.8) is 0 Å². The van der Waals surface area contributed by atoms with Gasteiger partial charge >= 0.3 is 0 Å². The molecule has 4 heteroatoms. The molecule has 0 amide bonds. The summed E-state index contributed by atoms with van der Waals surface area (Å²) >= 11 is 5.99. The largest absolute Gasteiger partial charge is 0.224 e. The topological polar surface area (TPSA) is 34.1 Å². The predicted molar refractivity (Wildman–Crippen MR) is 70.4 cm³/mol. The molecule has 0 fully saturated rings. The van der Waals surface area contributed by atoms with Crippen molar-refractivity contribution in [1.29, 1.82) is 0 Å². The summed E-state index contributed by atoms with van der Waals surface area (Å²) in [6, 6.07) is 7.33. The van der Waals surface area contributed by atoms with E-state index in [0.717, 1.165) is 18.4 Å². The molecule has 2 rings (SSSR count). The Hall–Kier alpha value is -0.540. The van der Waals surface area contributed by atoms with Crippen LogP contribution in [0.2, 0.25) is 0 Å². The van der Waals surface area contributed by atoms with Gasteiger partial charge in [0.25, 0.3) is 0 Å². The summed E-state index contributed by atoms with van der Waals surface area (Å²) in [6.45, 7) is 2.11. The first-order chi connectivity index (χ1) is 8.10. The normalized spacial score (nSPS) is 23.3. The van der Waals surface area contributed by atoms with Gasteiger partial charge in [0.1, 0.15) is 0 Å². The van der Waals surface area contributed by atoms with Crippen LogP contribution in [0.3, 0.4) is 0 Å². The molecule has 2 nitrogen and oxygen atoms in total. The first-order valence-corrected chi connectivity index (χ1v) is 8.16. The summed E-state index contributed by atoms with van der Waals surface area (Å²) in [5, 5.41) is 0. The van der Waals surface area contributed by atoms with E-state index < -0.39 is 9.84 Å². The molecule has 1 aliphatic rings. The van der Waals surface area contributed by atoms with Gasteiger partial charge in [-0.1, -0.05) is 31.5 Å². The molecule has 1 heterocycles. The van der Waals surface area contributed by atoms with Gasteiger partial charge in [0.05, 0.1) is 10.6 Å². The average molecular weight is 273 g/mol. The third-order valence-electron chi connectivity index (χ3n) is 3.48. The molecule has 0 aliphatic carbocycles. The predicted octanol–water partition coefficient (Wildman–Crippen LogP) is 3.21. The van der Waals surface area contributed by atoms with Gasteiger partial charge in [-0.05, 0) is 24.0 Å². The summed E-state index contributed by atoms with van der Waals surface area (Å²) in [5.74, 6) is 1.10. The van der Waals surface area contributed by atoms with Gasteiger partial charge in [0.15, 0.2) is 9.84 Å². The third-order valence-corrected chi connectivity index (χ3v) is 5.72. The third kappa shape index (κ3) is 2.36. The molecule has 1 aromatic rings. The maximum Gasteiger partial charge on any atom is 0.179 e. The van der Waals surface area contributed by atoms with Gasteiger partial charge in [0, 0.05) is 11.8 Å². The molecule has 0 N–H and O–H groups in total. The number of rotatable bonds is 4. The van der Waals surface area contributed by atoms with E-state index in [0.29, 0.717) is 10.8 Å². The number of benzene rings is 1. The van der Waals surface area contributed by atoms with Crippen molar-refractivity contribution in [2.24, 2.45) is 5.92 Å². The SMILES string of the molecule is CCCC(CCl)C1CS(=O)(=O)c2ccccc21. The van der Waals surface area contributed by atoms with Gasteiger partial charge in [-0.25, -0.2) is 8.42 Å². The highest BCUT2D eigenvalue weighted by Crippen LogP contribution is 2.41. The monoisotopic (exact) mass is 272 g/mol. The Bertz CT molecular complexity index is 496. The molecule has 2 unspecified atom stereocenters. The van der Waals surface area contributed by atoms with Crippen molar-refractivity contribution in [2.45, 2.75) is 30.6 Å². The molecular weight excluding hydrogens is 256 g/mol. The number of hydrogen-bond donors (Lipinski definition) is 0. The summed E-state index contributed by atoms with van der Waals surface area (Å²) in [6.07, 6.45) is 2.02. The molecule has 17 heavy (non-hydrogen) atoms. The molecule has 1 aromatic carbocycles. The van der Waals surface area contributed by atoms with Crippen LogP contribution in [0, 0.1) is 5.92 Å². The minimum absolute atomic E-state index is 0.0775. The zero-order chi connectivity index (χ0) is 12.5. The Morgan fingerprint density at radius 3 is 2.76 bits per heavy atom. The Morgan fingerprint density at radius 1 is 1.41 bits per heavy atom. The maximum atomic E-state index is 12.0. The fourth-order valence-electron chi connectivity index (χ4n) is 2.63. The van der Waals surface area contributed by atoms with Gasteiger partial charge in [-0.15, -0.1) is 11.6 Å². The van der Waals surface area contributed by atoms with Crippen LogP contribution in [0.25, 0.3) is 0 Å². The van der Waals surface area contributed by atoms with Crippen molar-refractivity contribution < 1.29 is 8.42 Å². The van der Waals surface area contributed by atoms with Crippen LogP contribution in [0.4, 0.5) is 0 Å². The van der Waals surface area contributed by atoms with Crippen LogP contribution < -0.4 is 0 Å². The van der Waals surface area contributed by atoms with Crippen LogP contribution in [-0.2, 0) is 9.84 Å². The number of sulfone groups is 1. The Balaban J connectivity index is 2.40. The average Bonchev–Trinajstić information content (AvgIpc) is 2.59. The summed E-state index contributed by atoms with van der Waals surface area (Å²) in [4.78, 5) is 0.510. The molecule has 1 aliphatic heterocycles. The lowest BCUT2D eigenvalue weighted by atomic mass is 9.86. The van der Waals surface area contributed by atoms with Crippen molar-refractivity contribution in [2.75, 3.05) is 11.6 Å². The van der Waals surface area contributed by atoms with Crippen molar-refractivity contribution in [3.05, 3.63) is 29.8 Å². The summed E-state index contributed by atoms with van der Waals surface area (Å²) in [7, 11) is -3.09. The second kappa shape index (κ2) is 4.99. The smallest absolute Gasteiger partial charge is 0.179 e. The van der Waals surface area contributed by atoms with E-state index in [-0.39, 0.29) is 17.6 Å². The van der Waals surface area contributed by atoms with Crippen molar-refractivity contribution in [1.82, 2.24) is 0 Å². The standard InChI is InChI=1S/C13H17ClO2S/c1-2-5-10(8-14)12-9-17(15,16)13-7-4-3-6-11(12)13/h3-4,6-7,10,12H,2,5,8-9H2,1H3. The van der Waals surface area contributed by atoms with E-state index in [1.165, 1.54) is 0 Å². The van der Waals surface area contributed by atoms with Gasteiger partial charge in [-0.3, -0.25) is 0 Å². The molecule has 0 bridgehead atoms. The Morgan fingerprint density at radius 2 is 2.12 bits per heavy atom. The number of fused-ring (bicyclic) bond motifs is 1. The minimum Gasteiger partial charge on any atom is -0.224 e. The fourth-order valence-corrected chi connectivity index (χ4v) is 4.97. The lowest BCUT2D eigenvalue weighted by molar-refractivity contribution is 0.456. The molecular formula is C13H17ClO2S. The summed E-state index contributed by atoms with van der Waals surface area (Å²) in [5.41, 5.74) is 0.964. The van der Waals surface area contributed by atoms with E-state index in [4.69, 9.17) is 11.6 Å². The van der Waals surface area contributed by atoms with Crippen molar-refractivity contribution in [3.8, 4) is 0 Å². The van der Waals surface area contributed by atoms with Crippen LogP contribution >= 0.6 is 11.6 Å². The second-order valence-corrected chi connectivity index (χ2v) is 6.94. The number of hydrogen-bond acceptors (Lipinski definition) is 2. The highest BCUT2D eigenvalue weighted by molar-refractivity contribution is 7.91. The van der Waals surface area contributed by atoms with E-state index in [1.54, 1.807) is 12.1 Å². The van der Waals surface area contributed by atoms with Gasteiger partial charge in [-0.2, -0.15) is 0 Å². The summed E-state index contributed by atoms with van der Waals surface area (Å²) < 4.78 is 24.1. The van der Waals surface area contributed by atoms with Gasteiger partial charge in [0.2, 0.25) is 0 Å². The maximum absolute atomic E-state index is 12.0. The van der Waals surface area contributed by atoms with Crippen LogP contribution in [0.15, 0.2) is 29.2 Å². The molecule has 0 saturated heterocycles. The van der Waals surface area contributed by atoms with Crippen LogP contribution in [0.1, 0.15) is 31.2 Å². The van der Waals surface area contributed by atoms with Gasteiger partial charge < -0.3 is 0 Å². The first kappa shape index (κ1) is 12.9. The molecule has 0 spiro atoms. The lowest BCUT2D eigenvalue weighted by Crippen LogP contribution is -2.16. The molecule has 0 aromatic heterocycles. The molecule has 2 atom stereocenters. The van der Waals surface area contributed by atoms with Crippen LogP contribution in [-0.4, -0.2) is 20.1 Å². The van der Waals surface area contributed by atoms with Crippen molar-refractivity contribution >= 4 is 21.4 Å². The fraction of sp³-hybridized carbons (Fsp3) is 0.538. The van der Waals surface area contributed by atoms with E-state index in [2.05, 4.69) is 6.92 Å². The first-order valence-electron chi connectivity index (χ1n) is 5.97. The quantitative estimate of drug-likeness (QED) is 0.789. The zero-order valence-electron chi connectivity index (χ0n) is 9.90. The van der Waals surface area contributed by atoms with E-state index >= 15 is 0 Å². The Labute approximate surface area is 108 Å². The number of halogens is 1. The second-order valence-electron chi connectivity index (χ2n) is 4.63. The minimum atomic E-state index is -3.09. The zero-order valence-corrected chi connectivity index (χ0v) is 11.5.